The molecule has 8 heteroatoms. The number of fused-ring (bicyclic) bond motifs is 1. The number of carbonyl (C=O) groups is 1. The van der Waals surface area contributed by atoms with E-state index in [0.29, 0.717) is 11.8 Å². The third kappa shape index (κ3) is 6.17. The molecule has 5 nitrogen and oxygen atoms in total. The van der Waals surface area contributed by atoms with Crippen LogP contribution in [0.3, 0.4) is 0 Å². The Morgan fingerprint density at radius 3 is 2.56 bits per heavy atom. The number of nitrogens with zero attached hydrogens (tertiary/aromatic N) is 4. The molecule has 0 aliphatic carbocycles. The molecule has 1 aromatic heterocycles. The summed E-state index contributed by atoms with van der Waals surface area (Å²) in [6.07, 6.45) is 4.17. The number of halogens is 3. The van der Waals surface area contributed by atoms with E-state index >= 15 is 0 Å². The van der Waals surface area contributed by atoms with Gasteiger partial charge in [-0.3, -0.25) is 0 Å². The number of hydrogen-bond acceptors (Lipinski definition) is 4. The Morgan fingerprint density at radius 2 is 1.88 bits per heavy atom. The molecule has 32 heavy (non-hydrogen) atoms. The Labute approximate surface area is 210 Å². The molecular formula is C24H28Cl2IN4O-. The van der Waals surface area contributed by atoms with Crippen LogP contribution in [0.25, 0.3) is 17.1 Å². The quantitative estimate of drug-likeness (QED) is 0.107. The van der Waals surface area contributed by atoms with Gasteiger partial charge in [0.15, 0.2) is 0 Å². The maximum atomic E-state index is 10.7. The summed E-state index contributed by atoms with van der Waals surface area (Å²) in [5.41, 5.74) is 5.36. The molecule has 0 bridgehead atoms. The van der Waals surface area contributed by atoms with Crippen LogP contribution in [0.15, 0.2) is 48.5 Å². The molecule has 0 N–H and O–H groups in total. The van der Waals surface area contributed by atoms with Gasteiger partial charge in [-0.25, -0.2) is 0 Å². The zero-order valence-electron chi connectivity index (χ0n) is 18.3. The minimum atomic E-state index is -0.190. The van der Waals surface area contributed by atoms with Crippen molar-refractivity contribution in [1.82, 2.24) is 9.55 Å². The number of aryl methyl sites for hydroxylation is 1. The van der Waals surface area contributed by atoms with Crippen molar-refractivity contribution in [3.8, 4) is 0 Å². The molecule has 0 saturated carbocycles. The van der Waals surface area contributed by atoms with E-state index in [0.717, 1.165) is 64.1 Å². The molecule has 0 saturated heterocycles. The van der Waals surface area contributed by atoms with Gasteiger partial charge in [0, 0.05) is 0 Å². The second-order valence-corrected chi connectivity index (χ2v) is 11.3. The molecule has 0 atom stereocenters. The second-order valence-electron chi connectivity index (χ2n) is 7.12. The van der Waals surface area contributed by atoms with Gasteiger partial charge in [0.1, 0.15) is 0 Å². The molecular weight excluding hydrogens is 558 g/mol. The first-order valence-corrected chi connectivity index (χ1v) is 14.1. The monoisotopic (exact) mass is 585 g/mol. The molecule has 1 heterocycles. The van der Waals surface area contributed by atoms with Crippen LogP contribution in [0.1, 0.15) is 18.3 Å². The zero-order valence-corrected chi connectivity index (χ0v) is 22.0. The molecule has 3 rings (SSSR count). The van der Waals surface area contributed by atoms with E-state index in [2.05, 4.69) is 56.9 Å². The number of rotatable bonds is 12. The van der Waals surface area contributed by atoms with Crippen LogP contribution < -0.4 is 29.5 Å². The summed E-state index contributed by atoms with van der Waals surface area (Å²) in [5, 5.41) is 0. The van der Waals surface area contributed by atoms with Gasteiger partial charge >= 0.3 is 212 Å². The number of hydrogen-bond donors (Lipinski definition) is 0. The molecule has 0 aliphatic heterocycles. The van der Waals surface area contributed by atoms with Gasteiger partial charge in [0.2, 0.25) is 0 Å². The van der Waals surface area contributed by atoms with E-state index < -0.39 is 0 Å². The summed E-state index contributed by atoms with van der Waals surface area (Å²) in [6.45, 7) is 4.47. The summed E-state index contributed by atoms with van der Waals surface area (Å²) >= 11 is 11.8. The van der Waals surface area contributed by atoms with Crippen molar-refractivity contribution in [3.63, 3.8) is 0 Å². The first-order valence-electron chi connectivity index (χ1n) is 10.5. The third-order valence-corrected chi connectivity index (χ3v) is 7.83. The van der Waals surface area contributed by atoms with E-state index in [1.54, 1.807) is 0 Å². The summed E-state index contributed by atoms with van der Waals surface area (Å²) in [7, 11) is 2.07. The van der Waals surface area contributed by atoms with Gasteiger partial charge in [0.05, 0.1) is 0 Å². The van der Waals surface area contributed by atoms with Crippen molar-refractivity contribution in [2.24, 2.45) is 7.05 Å². The molecule has 0 radical (unpaired) electrons. The van der Waals surface area contributed by atoms with Crippen molar-refractivity contribution in [2.75, 3.05) is 37.3 Å². The summed E-state index contributed by atoms with van der Waals surface area (Å²) in [4.78, 5) is 17.9. The first kappa shape index (κ1) is 24.9. The van der Waals surface area contributed by atoms with Gasteiger partial charge in [-0.2, -0.15) is 0 Å². The van der Waals surface area contributed by atoms with Crippen LogP contribution in [-0.2, 0) is 18.4 Å². The molecule has 2 aromatic carbocycles. The summed E-state index contributed by atoms with van der Waals surface area (Å²) < 4.78 is 5.74. The average molecular weight is 586 g/mol. The van der Waals surface area contributed by atoms with Gasteiger partial charge in [-0.1, -0.05) is 0 Å². The number of aldehydes is 1. The van der Waals surface area contributed by atoms with Crippen LogP contribution in [0.2, 0.25) is 0 Å². The van der Waals surface area contributed by atoms with Crippen LogP contribution in [0.5, 0.6) is 0 Å². The Bertz CT molecular complexity index is 1060. The SMILES string of the molecule is CC[I-]N(Cc1nc2cc(N(CCCl)CCCl)ccc2n1C)c1cccc(/C=C/C=O)c1. The molecule has 172 valence electrons. The number of carbonyl (C=O) groups excluding carboxylic acids is 1. The molecule has 0 fully saturated rings. The second kappa shape index (κ2) is 12.5. The number of anilines is 2. The van der Waals surface area contributed by atoms with E-state index in [-0.39, 0.29) is 21.5 Å². The number of aromatic nitrogens is 2. The van der Waals surface area contributed by atoms with Crippen LogP contribution in [0, 0.1) is 0 Å². The predicted octanol–water partition coefficient (Wildman–Crippen LogP) is 2.10. The van der Waals surface area contributed by atoms with Crippen LogP contribution in [0.4, 0.5) is 11.4 Å². The van der Waals surface area contributed by atoms with Crippen LogP contribution >= 0.6 is 23.2 Å². The summed E-state index contributed by atoms with van der Waals surface area (Å²) in [6, 6.07) is 14.7. The van der Waals surface area contributed by atoms with Crippen molar-refractivity contribution in [2.45, 2.75) is 13.5 Å². The van der Waals surface area contributed by atoms with Gasteiger partial charge in [-0.15, -0.1) is 0 Å². The maximum absolute atomic E-state index is 10.7. The van der Waals surface area contributed by atoms with Crippen molar-refractivity contribution in [1.29, 1.82) is 0 Å². The van der Waals surface area contributed by atoms with Crippen LogP contribution in [-0.4, -0.2) is 45.1 Å². The van der Waals surface area contributed by atoms with Crippen molar-refractivity contribution < 1.29 is 26.3 Å². The van der Waals surface area contributed by atoms with E-state index in [9.17, 15) is 4.79 Å². The fourth-order valence-corrected chi connectivity index (χ4v) is 6.02. The standard InChI is InChI=1S/C24H28Cl2IN4O/c1-3-27-31(21-8-4-6-19(16-21)7-5-15-32)18-24-28-22-17-20(9-10-23(22)29(24)2)30(13-11-25)14-12-26/h4-10,15-17H,3,11-14,18H2,1-2H3/q-1/b7-5+. The molecule has 0 aliphatic rings. The molecule has 0 spiro atoms. The molecule has 0 amide bonds. The van der Waals surface area contributed by atoms with Gasteiger partial charge < -0.3 is 0 Å². The molecule has 3 aromatic rings. The van der Waals surface area contributed by atoms with Gasteiger partial charge in [-0.05, 0) is 0 Å². The number of imidazole rings is 1. The van der Waals surface area contributed by atoms with Crippen molar-refractivity contribution >= 4 is 58.0 Å². The van der Waals surface area contributed by atoms with E-state index in [1.165, 1.54) is 6.08 Å². The van der Waals surface area contributed by atoms with Crippen molar-refractivity contribution in [3.05, 3.63) is 59.9 Å². The third-order valence-electron chi connectivity index (χ3n) is 5.09. The summed E-state index contributed by atoms with van der Waals surface area (Å²) in [5.74, 6) is 2.14. The molecule has 0 unspecified atom stereocenters. The predicted molar refractivity (Wildman–Crippen MR) is 133 cm³/mol. The van der Waals surface area contributed by atoms with E-state index in [1.807, 2.05) is 18.2 Å². The Hall–Kier alpha value is -1.77. The fraction of sp³-hybridized carbons (Fsp3) is 0.333. The normalized spacial score (nSPS) is 11.5. The van der Waals surface area contributed by atoms with Gasteiger partial charge in [0.25, 0.3) is 0 Å². The number of allylic oxidation sites excluding steroid dienone is 1. The van der Waals surface area contributed by atoms with E-state index in [4.69, 9.17) is 28.2 Å². The Balaban J connectivity index is 1.91. The minimum absolute atomic E-state index is 0.190. The zero-order chi connectivity index (χ0) is 22.9. The first-order chi connectivity index (χ1) is 15.6. The average Bonchev–Trinajstić information content (AvgIpc) is 3.12. The Kier molecular flexibility index (Phi) is 9.69. The number of benzene rings is 2. The topological polar surface area (TPSA) is 41.4 Å². The fourth-order valence-electron chi connectivity index (χ4n) is 3.55. The Morgan fingerprint density at radius 1 is 1.09 bits per heavy atom. The number of alkyl halides is 3.